The number of methoxy groups -OCH3 is 1. The summed E-state index contributed by atoms with van der Waals surface area (Å²) in [7, 11) is 1.47. The Morgan fingerprint density at radius 2 is 2.24 bits per heavy atom. The number of aromatic nitrogens is 1. The average Bonchev–Trinajstić information content (AvgIpc) is 2.68. The number of aliphatic carboxylic acids is 1. The third-order valence-electron chi connectivity index (χ3n) is 2.22. The summed E-state index contributed by atoms with van der Waals surface area (Å²) in [6.07, 6.45) is -0.696. The number of carboxylic acids is 1. The molecule has 4 nitrogen and oxygen atoms in total. The monoisotopic (exact) mass is 275 g/mol. The molecule has 0 fully saturated rings. The van der Waals surface area contributed by atoms with Gasteiger partial charge in [0.05, 0.1) is 10.2 Å². The van der Waals surface area contributed by atoms with Gasteiger partial charge in [-0.1, -0.05) is 12.1 Å². The topological polar surface area (TPSA) is 62.2 Å². The fourth-order valence-electron chi connectivity index (χ4n) is 1.45. The van der Waals surface area contributed by atoms with E-state index < -0.39 is 12.1 Å². The standard InChI is InChI=1S/C11H11NO3S.K/c1-15-8(6-10(13)14)11-12-7-4-2-3-5-9(7)16-11;/h2-5,8H,6H2,1H3,(H,13,14);/q;+1/p-1. The van der Waals surface area contributed by atoms with Gasteiger partial charge in [-0.25, -0.2) is 4.98 Å². The van der Waals surface area contributed by atoms with Crippen molar-refractivity contribution >= 4 is 27.5 Å². The summed E-state index contributed by atoms with van der Waals surface area (Å²) < 4.78 is 6.13. The van der Waals surface area contributed by atoms with E-state index in [1.807, 2.05) is 24.3 Å². The summed E-state index contributed by atoms with van der Waals surface area (Å²) in [6, 6.07) is 7.65. The van der Waals surface area contributed by atoms with Gasteiger partial charge in [0.25, 0.3) is 0 Å². The number of carboxylic acid groups (broad SMARTS) is 1. The van der Waals surface area contributed by atoms with Gasteiger partial charge in [-0.2, -0.15) is 0 Å². The first-order valence-corrected chi connectivity index (χ1v) is 5.60. The number of ether oxygens (including phenoxy) is 1. The molecule has 1 atom stereocenters. The van der Waals surface area contributed by atoms with Gasteiger partial charge in [-0.15, -0.1) is 11.3 Å². The van der Waals surface area contributed by atoms with Crippen molar-refractivity contribution in [2.75, 3.05) is 7.11 Å². The van der Waals surface area contributed by atoms with Gasteiger partial charge in [0.2, 0.25) is 0 Å². The molecule has 0 bridgehead atoms. The molecule has 1 heterocycles. The number of thiazole rings is 1. The van der Waals surface area contributed by atoms with E-state index in [-0.39, 0.29) is 57.8 Å². The molecule has 1 aromatic carbocycles. The molecule has 0 radical (unpaired) electrons. The van der Waals surface area contributed by atoms with Gasteiger partial charge < -0.3 is 14.6 Å². The van der Waals surface area contributed by atoms with E-state index in [1.165, 1.54) is 18.4 Å². The first kappa shape index (κ1) is 15.2. The van der Waals surface area contributed by atoms with Gasteiger partial charge >= 0.3 is 51.4 Å². The summed E-state index contributed by atoms with van der Waals surface area (Å²) in [5, 5.41) is 11.2. The molecule has 1 unspecified atom stereocenters. The summed E-state index contributed by atoms with van der Waals surface area (Å²) in [6.45, 7) is 0. The van der Waals surface area contributed by atoms with Crippen molar-refractivity contribution in [3.63, 3.8) is 0 Å². The van der Waals surface area contributed by atoms with Gasteiger partial charge in [0.15, 0.2) is 0 Å². The van der Waals surface area contributed by atoms with Crippen molar-refractivity contribution < 1.29 is 66.0 Å². The van der Waals surface area contributed by atoms with Gasteiger partial charge in [-0.3, -0.25) is 0 Å². The number of carbonyl (C=O) groups excluding carboxylic acids is 1. The molecule has 0 saturated carbocycles. The van der Waals surface area contributed by atoms with Crippen LogP contribution in [0.2, 0.25) is 0 Å². The zero-order valence-electron chi connectivity index (χ0n) is 9.67. The Hall–Kier alpha value is 0.176. The normalized spacial score (nSPS) is 12.1. The minimum absolute atomic E-state index is 0. The van der Waals surface area contributed by atoms with Crippen molar-refractivity contribution in [3.8, 4) is 0 Å². The van der Waals surface area contributed by atoms with E-state index in [1.54, 1.807) is 0 Å². The van der Waals surface area contributed by atoms with Crippen LogP contribution in [0.1, 0.15) is 17.5 Å². The molecule has 17 heavy (non-hydrogen) atoms. The van der Waals surface area contributed by atoms with Crippen LogP contribution in [0.4, 0.5) is 0 Å². The molecule has 6 heteroatoms. The Morgan fingerprint density at radius 3 is 2.82 bits per heavy atom. The Morgan fingerprint density at radius 1 is 1.53 bits per heavy atom. The maximum atomic E-state index is 10.5. The molecular weight excluding hydrogens is 265 g/mol. The zero-order valence-corrected chi connectivity index (χ0v) is 13.6. The molecule has 1 aromatic heterocycles. The van der Waals surface area contributed by atoms with E-state index in [4.69, 9.17) is 4.74 Å². The van der Waals surface area contributed by atoms with E-state index in [0.29, 0.717) is 5.01 Å². The van der Waals surface area contributed by atoms with Crippen LogP contribution in [0.3, 0.4) is 0 Å². The summed E-state index contributed by atoms with van der Waals surface area (Å²) >= 11 is 1.44. The second kappa shape index (κ2) is 6.94. The molecule has 0 aliphatic carbocycles. The van der Waals surface area contributed by atoms with Crippen LogP contribution >= 0.6 is 11.3 Å². The molecule has 2 aromatic rings. The minimum Gasteiger partial charge on any atom is -0.550 e. The zero-order chi connectivity index (χ0) is 11.5. The van der Waals surface area contributed by atoms with Crippen molar-refractivity contribution in [2.24, 2.45) is 0 Å². The van der Waals surface area contributed by atoms with Crippen LogP contribution in [-0.2, 0) is 9.53 Å². The van der Waals surface area contributed by atoms with Crippen LogP contribution in [0.25, 0.3) is 10.2 Å². The number of para-hydroxylation sites is 1. The first-order chi connectivity index (χ1) is 7.70. The van der Waals surface area contributed by atoms with Crippen molar-refractivity contribution in [1.82, 2.24) is 4.98 Å². The fourth-order valence-corrected chi connectivity index (χ4v) is 2.50. The maximum absolute atomic E-state index is 10.5. The van der Waals surface area contributed by atoms with E-state index in [2.05, 4.69) is 4.98 Å². The molecule has 84 valence electrons. The smallest absolute Gasteiger partial charge is 0.550 e. The number of benzene rings is 1. The van der Waals surface area contributed by atoms with Gasteiger partial charge in [0.1, 0.15) is 11.1 Å². The predicted molar refractivity (Wildman–Crippen MR) is 59.0 cm³/mol. The number of nitrogens with zero attached hydrogens (tertiary/aromatic N) is 1. The summed E-state index contributed by atoms with van der Waals surface area (Å²) in [4.78, 5) is 14.9. The first-order valence-electron chi connectivity index (χ1n) is 4.79. The van der Waals surface area contributed by atoms with Crippen LogP contribution in [0, 0.1) is 0 Å². The second-order valence-corrected chi connectivity index (χ2v) is 4.38. The maximum Gasteiger partial charge on any atom is 1.00 e. The largest absolute Gasteiger partial charge is 1.00 e. The molecule has 0 amide bonds. The van der Waals surface area contributed by atoms with E-state index in [9.17, 15) is 9.90 Å². The Labute approximate surface area is 145 Å². The molecule has 0 spiro atoms. The Kier molecular flexibility index (Phi) is 6.22. The third-order valence-corrected chi connectivity index (χ3v) is 3.35. The van der Waals surface area contributed by atoms with E-state index >= 15 is 0 Å². The van der Waals surface area contributed by atoms with Crippen molar-refractivity contribution in [3.05, 3.63) is 29.3 Å². The van der Waals surface area contributed by atoms with Crippen LogP contribution in [0.5, 0.6) is 0 Å². The number of carbonyl (C=O) groups is 1. The van der Waals surface area contributed by atoms with Gasteiger partial charge in [-0.05, 0) is 12.1 Å². The second-order valence-electron chi connectivity index (χ2n) is 3.32. The minimum atomic E-state index is -1.13. The quantitative estimate of drug-likeness (QED) is 0.613. The third kappa shape index (κ3) is 3.82. The Bertz CT molecular complexity index is 481. The number of rotatable bonds is 4. The number of hydrogen-bond acceptors (Lipinski definition) is 5. The van der Waals surface area contributed by atoms with Crippen LogP contribution < -0.4 is 56.5 Å². The van der Waals surface area contributed by atoms with Crippen LogP contribution in [0.15, 0.2) is 24.3 Å². The molecule has 0 N–H and O–H groups in total. The predicted octanol–water partition coefficient (Wildman–Crippen LogP) is -1.87. The van der Waals surface area contributed by atoms with Crippen molar-refractivity contribution in [2.45, 2.75) is 12.5 Å². The van der Waals surface area contributed by atoms with Gasteiger partial charge in [0, 0.05) is 19.5 Å². The summed E-state index contributed by atoms with van der Waals surface area (Å²) in [5.41, 5.74) is 0.864. The molecule has 0 saturated heterocycles. The molecule has 2 rings (SSSR count). The van der Waals surface area contributed by atoms with Crippen LogP contribution in [-0.4, -0.2) is 18.1 Å². The number of fused-ring (bicyclic) bond motifs is 1. The fraction of sp³-hybridized carbons (Fsp3) is 0.273. The molecule has 0 aliphatic heterocycles. The molecule has 0 aliphatic rings. The van der Waals surface area contributed by atoms with E-state index in [0.717, 1.165) is 10.2 Å². The Balaban J connectivity index is 0.00000144. The average molecular weight is 275 g/mol. The van der Waals surface area contributed by atoms with Crippen molar-refractivity contribution in [1.29, 1.82) is 0 Å². The summed E-state index contributed by atoms with van der Waals surface area (Å²) in [5.74, 6) is -1.13. The SMILES string of the molecule is COC(CC(=O)[O-])c1nc2ccccc2s1.[K+]. The molecular formula is C11H10KNO3S. The number of hydrogen-bond donors (Lipinski definition) is 0.